The van der Waals surface area contributed by atoms with Crippen LogP contribution in [-0.4, -0.2) is 55.1 Å². The summed E-state index contributed by atoms with van der Waals surface area (Å²) in [6.45, 7) is 5.01. The van der Waals surface area contributed by atoms with Crippen molar-refractivity contribution < 1.29 is 26.3 Å². The van der Waals surface area contributed by atoms with Crippen molar-refractivity contribution in [3.8, 4) is 11.8 Å². The first-order chi connectivity index (χ1) is 6.70. The molecule has 2 saturated heterocycles. The highest BCUT2D eigenvalue weighted by Crippen LogP contribution is 2.14. The molecule has 2 rings (SSSR count). The number of carbonyl (C=O) groups excluding carboxylic acids is 1. The van der Waals surface area contributed by atoms with E-state index in [1.165, 1.54) is 13.1 Å². The van der Waals surface area contributed by atoms with E-state index in [1.54, 1.807) is 0 Å². The SMILES string of the molecule is C[N+]1(CC#CCN2CCCC2=O)CC1.[Br-]. The smallest absolute Gasteiger partial charge is 0.223 e. The molecule has 15 heavy (non-hydrogen) atoms. The molecule has 0 bridgehead atoms. The second-order valence-electron chi connectivity index (χ2n) is 4.50. The third kappa shape index (κ3) is 3.51. The molecule has 0 atom stereocenters. The molecule has 2 fully saturated rings. The van der Waals surface area contributed by atoms with Crippen molar-refractivity contribution in [2.45, 2.75) is 12.8 Å². The summed E-state index contributed by atoms with van der Waals surface area (Å²) in [4.78, 5) is 13.1. The Hall–Kier alpha value is -0.530. The van der Waals surface area contributed by atoms with Gasteiger partial charge >= 0.3 is 0 Å². The maximum absolute atomic E-state index is 11.2. The van der Waals surface area contributed by atoms with Gasteiger partial charge in [0, 0.05) is 13.0 Å². The van der Waals surface area contributed by atoms with Crippen LogP contribution in [0.1, 0.15) is 12.8 Å². The second-order valence-corrected chi connectivity index (χ2v) is 4.50. The van der Waals surface area contributed by atoms with Crippen molar-refractivity contribution >= 4 is 5.91 Å². The number of amides is 1. The number of likely N-dealkylation sites (N-methyl/N-ethyl adjacent to an activating group) is 1. The summed E-state index contributed by atoms with van der Waals surface area (Å²) in [5.74, 6) is 6.53. The zero-order valence-electron chi connectivity index (χ0n) is 9.13. The summed E-state index contributed by atoms with van der Waals surface area (Å²) in [5, 5.41) is 0. The minimum absolute atomic E-state index is 0. The van der Waals surface area contributed by atoms with Crippen LogP contribution in [0.4, 0.5) is 0 Å². The van der Waals surface area contributed by atoms with Gasteiger partial charge in [0.1, 0.15) is 19.6 Å². The average Bonchev–Trinajstić information content (AvgIpc) is 2.74. The Morgan fingerprint density at radius 2 is 2.13 bits per heavy atom. The topological polar surface area (TPSA) is 20.3 Å². The second kappa shape index (κ2) is 5.00. The highest BCUT2D eigenvalue weighted by atomic mass is 79.9. The van der Waals surface area contributed by atoms with Crippen LogP contribution in [0.5, 0.6) is 0 Å². The average molecular weight is 273 g/mol. The predicted molar refractivity (Wildman–Crippen MR) is 54.4 cm³/mol. The number of rotatable bonds is 2. The fourth-order valence-electron chi connectivity index (χ4n) is 1.60. The first kappa shape index (κ1) is 12.5. The van der Waals surface area contributed by atoms with Gasteiger partial charge in [-0.3, -0.25) is 4.79 Å². The van der Waals surface area contributed by atoms with Crippen LogP contribution in [0.3, 0.4) is 0 Å². The molecule has 0 aromatic rings. The van der Waals surface area contributed by atoms with Crippen LogP contribution >= 0.6 is 0 Å². The van der Waals surface area contributed by atoms with Gasteiger partial charge in [-0.05, 0) is 12.3 Å². The lowest BCUT2D eigenvalue weighted by Crippen LogP contribution is -3.00. The lowest BCUT2D eigenvalue weighted by Gasteiger charge is -2.10. The first-order valence-electron chi connectivity index (χ1n) is 5.27. The zero-order chi connectivity index (χ0) is 10.0. The van der Waals surface area contributed by atoms with Gasteiger partial charge in [0.15, 0.2) is 0 Å². The van der Waals surface area contributed by atoms with Crippen LogP contribution in [-0.2, 0) is 4.79 Å². The maximum atomic E-state index is 11.2. The van der Waals surface area contributed by atoms with E-state index >= 15 is 0 Å². The van der Waals surface area contributed by atoms with E-state index in [0.29, 0.717) is 6.54 Å². The summed E-state index contributed by atoms with van der Waals surface area (Å²) in [5.41, 5.74) is 0. The summed E-state index contributed by atoms with van der Waals surface area (Å²) in [6, 6.07) is 0. The highest BCUT2D eigenvalue weighted by Gasteiger charge is 2.35. The molecule has 2 aliphatic rings. The largest absolute Gasteiger partial charge is 1.00 e. The van der Waals surface area contributed by atoms with Crippen LogP contribution in [0, 0.1) is 11.8 Å². The van der Waals surface area contributed by atoms with E-state index in [2.05, 4.69) is 18.9 Å². The number of nitrogens with zero attached hydrogens (tertiary/aromatic N) is 2. The molecule has 2 heterocycles. The molecule has 0 aromatic carbocycles. The molecular weight excluding hydrogens is 256 g/mol. The van der Waals surface area contributed by atoms with Gasteiger partial charge < -0.3 is 26.4 Å². The van der Waals surface area contributed by atoms with Crippen molar-refractivity contribution in [3.05, 3.63) is 0 Å². The van der Waals surface area contributed by atoms with Crippen molar-refractivity contribution in [1.29, 1.82) is 0 Å². The molecule has 3 nitrogen and oxygen atoms in total. The van der Waals surface area contributed by atoms with Gasteiger partial charge in [-0.1, -0.05) is 5.92 Å². The zero-order valence-corrected chi connectivity index (χ0v) is 10.7. The summed E-state index contributed by atoms with van der Waals surface area (Å²) in [6.07, 6.45) is 1.73. The molecule has 1 amide bonds. The molecule has 0 radical (unpaired) electrons. The van der Waals surface area contributed by atoms with Gasteiger partial charge in [0.25, 0.3) is 0 Å². The minimum atomic E-state index is 0. The number of carbonyl (C=O) groups is 1. The Kier molecular flexibility index (Phi) is 4.18. The first-order valence-corrected chi connectivity index (χ1v) is 5.27. The predicted octanol–water partition coefficient (Wildman–Crippen LogP) is -2.92. The molecule has 0 unspecified atom stereocenters. The van der Waals surface area contributed by atoms with E-state index < -0.39 is 0 Å². The van der Waals surface area contributed by atoms with Crippen LogP contribution < -0.4 is 17.0 Å². The molecule has 0 N–H and O–H groups in total. The summed E-state index contributed by atoms with van der Waals surface area (Å²) in [7, 11) is 2.22. The minimum Gasteiger partial charge on any atom is -1.00 e. The molecule has 84 valence electrons. The van der Waals surface area contributed by atoms with Gasteiger partial charge in [-0.15, -0.1) is 0 Å². The quantitative estimate of drug-likeness (QED) is 0.300. The fourth-order valence-corrected chi connectivity index (χ4v) is 1.60. The van der Waals surface area contributed by atoms with E-state index in [4.69, 9.17) is 0 Å². The van der Waals surface area contributed by atoms with Gasteiger partial charge in [-0.2, -0.15) is 0 Å². The Balaban J connectivity index is 0.00000112. The molecule has 2 aliphatic heterocycles. The molecular formula is C11H17BrN2O. The molecule has 0 aliphatic carbocycles. The Morgan fingerprint density at radius 3 is 2.67 bits per heavy atom. The van der Waals surface area contributed by atoms with Crippen molar-refractivity contribution in [2.24, 2.45) is 0 Å². The van der Waals surface area contributed by atoms with Gasteiger partial charge in [0.2, 0.25) is 5.91 Å². The third-order valence-electron chi connectivity index (χ3n) is 3.01. The Morgan fingerprint density at radius 1 is 1.40 bits per heavy atom. The van der Waals surface area contributed by atoms with Crippen molar-refractivity contribution in [2.75, 3.05) is 39.8 Å². The van der Waals surface area contributed by atoms with E-state index in [0.717, 1.165) is 30.4 Å². The number of hydrogen-bond donors (Lipinski definition) is 0. The van der Waals surface area contributed by atoms with Crippen LogP contribution in [0.2, 0.25) is 0 Å². The van der Waals surface area contributed by atoms with E-state index in [1.807, 2.05) is 4.90 Å². The van der Waals surface area contributed by atoms with Crippen molar-refractivity contribution in [1.82, 2.24) is 4.90 Å². The Bertz CT molecular complexity index is 301. The number of halogens is 1. The normalized spacial score (nSPS) is 21.7. The third-order valence-corrected chi connectivity index (χ3v) is 3.01. The monoisotopic (exact) mass is 272 g/mol. The standard InChI is InChI=1S/C11H17N2O.BrH/c1-13(9-10-13)8-3-2-6-12-7-4-5-11(12)14;/h4-10H2,1H3;1H/q+1;/p-1. The summed E-state index contributed by atoms with van der Waals surface area (Å²) < 4.78 is 1.10. The molecule has 0 aromatic heterocycles. The Labute approximate surface area is 102 Å². The number of quaternary nitrogens is 1. The van der Waals surface area contributed by atoms with E-state index in [9.17, 15) is 4.79 Å². The fraction of sp³-hybridized carbons (Fsp3) is 0.727. The van der Waals surface area contributed by atoms with Gasteiger partial charge in [0.05, 0.1) is 13.6 Å². The van der Waals surface area contributed by atoms with Crippen LogP contribution in [0.25, 0.3) is 0 Å². The molecule has 0 saturated carbocycles. The lowest BCUT2D eigenvalue weighted by atomic mass is 10.4. The maximum Gasteiger partial charge on any atom is 0.223 e. The van der Waals surface area contributed by atoms with Gasteiger partial charge in [-0.25, -0.2) is 0 Å². The lowest BCUT2D eigenvalue weighted by molar-refractivity contribution is -0.768. The molecule has 4 heteroatoms. The molecule has 0 spiro atoms. The van der Waals surface area contributed by atoms with E-state index in [-0.39, 0.29) is 22.9 Å². The van der Waals surface area contributed by atoms with Crippen molar-refractivity contribution in [3.63, 3.8) is 0 Å². The summed E-state index contributed by atoms with van der Waals surface area (Å²) >= 11 is 0. The number of likely N-dealkylation sites (tertiary alicyclic amines) is 1. The van der Waals surface area contributed by atoms with Crippen LogP contribution in [0.15, 0.2) is 0 Å². The number of hydrogen-bond acceptors (Lipinski definition) is 1. The highest BCUT2D eigenvalue weighted by molar-refractivity contribution is 5.78.